The van der Waals surface area contributed by atoms with E-state index >= 15 is 0 Å². The van der Waals surface area contributed by atoms with Gasteiger partial charge in [0.05, 0.1) is 4.90 Å². The second kappa shape index (κ2) is 13.6. The fourth-order valence-electron chi connectivity index (χ4n) is 3.61. The summed E-state index contributed by atoms with van der Waals surface area (Å²) < 4.78 is 26.5. The van der Waals surface area contributed by atoms with Gasteiger partial charge in [0.1, 0.15) is 0 Å². The van der Waals surface area contributed by atoms with Crippen molar-refractivity contribution in [3.05, 3.63) is 29.8 Å². The molecule has 1 aliphatic heterocycles. The lowest BCUT2D eigenvalue weighted by atomic mass is 10.0. The Hall–Kier alpha value is -0.910. The van der Waals surface area contributed by atoms with Gasteiger partial charge in [0.15, 0.2) is 5.96 Å². The van der Waals surface area contributed by atoms with Crippen LogP contribution < -0.4 is 10.6 Å². The van der Waals surface area contributed by atoms with Crippen LogP contribution in [0.1, 0.15) is 52.0 Å². The Morgan fingerprint density at radius 2 is 1.90 bits per heavy atom. The Kier molecular flexibility index (Phi) is 12.3. The largest absolute Gasteiger partial charge is 0.356 e. The van der Waals surface area contributed by atoms with Crippen molar-refractivity contribution < 1.29 is 8.42 Å². The zero-order valence-electron chi connectivity index (χ0n) is 19.6. The molecule has 0 spiro atoms. The highest BCUT2D eigenvalue weighted by Crippen LogP contribution is 2.17. The first-order chi connectivity index (χ1) is 14.3. The molecule has 0 aliphatic carbocycles. The summed E-state index contributed by atoms with van der Waals surface area (Å²) in [6.07, 6.45) is 5.06. The molecule has 1 saturated heterocycles. The Balaban J connectivity index is 0.00000480. The Morgan fingerprint density at radius 3 is 2.48 bits per heavy atom. The van der Waals surface area contributed by atoms with Crippen LogP contribution in [0.3, 0.4) is 0 Å². The van der Waals surface area contributed by atoms with Gasteiger partial charge in [-0.05, 0) is 64.3 Å². The van der Waals surface area contributed by atoms with Gasteiger partial charge in [0.2, 0.25) is 10.0 Å². The Labute approximate surface area is 206 Å². The molecule has 178 valence electrons. The van der Waals surface area contributed by atoms with Crippen molar-refractivity contribution >= 4 is 40.0 Å². The molecular formula is C22H40IN5O2S. The summed E-state index contributed by atoms with van der Waals surface area (Å²) >= 11 is 0. The molecule has 2 rings (SSSR count). The van der Waals surface area contributed by atoms with Crippen molar-refractivity contribution in [1.29, 1.82) is 0 Å². The minimum absolute atomic E-state index is 0. The van der Waals surface area contributed by atoms with E-state index in [1.165, 1.54) is 30.1 Å². The Morgan fingerprint density at radius 1 is 1.23 bits per heavy atom. The maximum Gasteiger partial charge on any atom is 0.243 e. The van der Waals surface area contributed by atoms with Gasteiger partial charge in [0.25, 0.3) is 0 Å². The van der Waals surface area contributed by atoms with E-state index in [0.717, 1.165) is 31.0 Å². The van der Waals surface area contributed by atoms with Gasteiger partial charge in [0, 0.05) is 45.8 Å². The number of hydrogen-bond acceptors (Lipinski definition) is 4. The van der Waals surface area contributed by atoms with Crippen LogP contribution in [0.4, 0.5) is 0 Å². The molecule has 1 aromatic rings. The minimum Gasteiger partial charge on any atom is -0.356 e. The first kappa shape index (κ1) is 28.1. The highest BCUT2D eigenvalue weighted by atomic mass is 127. The summed E-state index contributed by atoms with van der Waals surface area (Å²) in [5.74, 6) is 0.762. The molecule has 7 nitrogen and oxygen atoms in total. The van der Waals surface area contributed by atoms with E-state index in [1.807, 2.05) is 26.0 Å². The molecule has 0 radical (unpaired) electrons. The number of likely N-dealkylation sites (tertiary alicyclic amines) is 1. The molecule has 0 amide bonds. The highest BCUT2D eigenvalue weighted by molar-refractivity contribution is 14.0. The summed E-state index contributed by atoms with van der Waals surface area (Å²) in [5, 5.41) is 6.66. The summed E-state index contributed by atoms with van der Waals surface area (Å²) in [5.41, 5.74) is 1.01. The molecule has 0 aromatic heterocycles. The van der Waals surface area contributed by atoms with Crippen LogP contribution in [-0.4, -0.2) is 69.4 Å². The van der Waals surface area contributed by atoms with Crippen molar-refractivity contribution in [1.82, 2.24) is 19.8 Å². The molecule has 0 saturated carbocycles. The number of hydrogen-bond donors (Lipinski definition) is 2. The predicted molar refractivity (Wildman–Crippen MR) is 140 cm³/mol. The molecule has 9 heteroatoms. The zero-order chi connectivity index (χ0) is 22.1. The monoisotopic (exact) mass is 565 g/mol. The minimum atomic E-state index is -3.45. The fourth-order valence-corrected chi connectivity index (χ4v) is 4.98. The average molecular weight is 566 g/mol. The maximum absolute atomic E-state index is 12.6. The van der Waals surface area contributed by atoms with E-state index in [1.54, 1.807) is 26.2 Å². The number of nitrogens with zero attached hydrogens (tertiary/aromatic N) is 3. The van der Waals surface area contributed by atoms with E-state index in [-0.39, 0.29) is 30.0 Å². The van der Waals surface area contributed by atoms with E-state index in [2.05, 4.69) is 27.4 Å². The van der Waals surface area contributed by atoms with Gasteiger partial charge in [-0.3, -0.25) is 4.99 Å². The van der Waals surface area contributed by atoms with E-state index in [4.69, 9.17) is 0 Å². The molecule has 1 unspecified atom stereocenters. The lowest BCUT2D eigenvalue weighted by Crippen LogP contribution is -2.41. The second-order valence-corrected chi connectivity index (χ2v) is 10.3. The van der Waals surface area contributed by atoms with Gasteiger partial charge in [-0.2, -0.15) is 4.31 Å². The molecule has 1 atom stereocenters. The van der Waals surface area contributed by atoms with Crippen LogP contribution in [0.5, 0.6) is 0 Å². The van der Waals surface area contributed by atoms with E-state index in [0.29, 0.717) is 17.5 Å². The van der Waals surface area contributed by atoms with Crippen LogP contribution in [0.25, 0.3) is 0 Å². The van der Waals surface area contributed by atoms with Crippen LogP contribution in [0.2, 0.25) is 0 Å². The smallest absolute Gasteiger partial charge is 0.243 e. The van der Waals surface area contributed by atoms with Crippen molar-refractivity contribution in [2.45, 2.75) is 70.0 Å². The first-order valence-corrected chi connectivity index (χ1v) is 12.4. The van der Waals surface area contributed by atoms with E-state index in [9.17, 15) is 8.42 Å². The van der Waals surface area contributed by atoms with Crippen molar-refractivity contribution in [2.24, 2.45) is 4.99 Å². The average Bonchev–Trinajstić information content (AvgIpc) is 2.74. The lowest BCUT2D eigenvalue weighted by molar-refractivity contribution is 0.159. The molecule has 1 heterocycles. The zero-order valence-corrected chi connectivity index (χ0v) is 22.7. The standard InChI is InChI=1S/C22H39N5O2S.HI/c1-18(2)26(5)30(28,29)21-12-10-20(11-13-21)17-25-22(23-4)24-14-8-16-27-15-7-6-9-19(27)3;/h10-13,18-19H,6-9,14-17H2,1-5H3,(H2,23,24,25);1H. The summed E-state index contributed by atoms with van der Waals surface area (Å²) in [6.45, 7) is 9.84. The van der Waals surface area contributed by atoms with E-state index < -0.39 is 10.0 Å². The highest BCUT2D eigenvalue weighted by Gasteiger charge is 2.22. The molecule has 31 heavy (non-hydrogen) atoms. The normalized spacial score (nSPS) is 18.2. The van der Waals surface area contributed by atoms with Gasteiger partial charge >= 0.3 is 0 Å². The molecular weight excluding hydrogens is 525 g/mol. The first-order valence-electron chi connectivity index (χ1n) is 11.0. The summed E-state index contributed by atoms with van der Waals surface area (Å²) in [4.78, 5) is 7.17. The number of guanidine groups is 1. The SMILES string of the molecule is CN=C(NCCCN1CCCCC1C)NCc1ccc(S(=O)(=O)N(C)C(C)C)cc1.I. The number of piperidine rings is 1. The molecule has 1 aromatic carbocycles. The van der Waals surface area contributed by atoms with Crippen molar-refractivity contribution in [2.75, 3.05) is 33.7 Å². The number of halogens is 1. The second-order valence-electron chi connectivity index (χ2n) is 8.35. The van der Waals surface area contributed by atoms with Crippen LogP contribution in [0.15, 0.2) is 34.2 Å². The van der Waals surface area contributed by atoms with Gasteiger partial charge < -0.3 is 15.5 Å². The number of benzene rings is 1. The fraction of sp³-hybridized carbons (Fsp3) is 0.682. The van der Waals surface area contributed by atoms with Crippen LogP contribution >= 0.6 is 24.0 Å². The molecule has 1 aliphatic rings. The van der Waals surface area contributed by atoms with Gasteiger partial charge in [-0.15, -0.1) is 24.0 Å². The topological polar surface area (TPSA) is 77.0 Å². The van der Waals surface area contributed by atoms with Crippen LogP contribution in [0, 0.1) is 0 Å². The van der Waals surface area contributed by atoms with Gasteiger partial charge in [-0.25, -0.2) is 8.42 Å². The Bertz CT molecular complexity index is 784. The lowest BCUT2D eigenvalue weighted by Gasteiger charge is -2.33. The van der Waals surface area contributed by atoms with Crippen molar-refractivity contribution in [3.63, 3.8) is 0 Å². The third kappa shape index (κ3) is 8.51. The summed E-state index contributed by atoms with van der Waals surface area (Å²) in [6, 6.07) is 7.65. The number of rotatable bonds is 9. The number of sulfonamides is 1. The summed E-state index contributed by atoms with van der Waals surface area (Å²) in [7, 11) is -0.0748. The van der Waals surface area contributed by atoms with Crippen molar-refractivity contribution in [3.8, 4) is 0 Å². The maximum atomic E-state index is 12.6. The third-order valence-electron chi connectivity index (χ3n) is 5.87. The molecule has 1 fully saturated rings. The van der Waals surface area contributed by atoms with Crippen LogP contribution in [-0.2, 0) is 16.6 Å². The molecule has 0 bridgehead atoms. The number of nitrogens with one attached hydrogen (secondary N) is 2. The third-order valence-corrected chi connectivity index (χ3v) is 7.91. The predicted octanol–water partition coefficient (Wildman–Crippen LogP) is 3.26. The molecule has 2 N–H and O–H groups in total. The quantitative estimate of drug-likeness (QED) is 0.208. The number of aliphatic imine (C=N–C) groups is 1. The van der Waals surface area contributed by atoms with Gasteiger partial charge in [-0.1, -0.05) is 18.6 Å².